The van der Waals surface area contributed by atoms with E-state index in [1.807, 2.05) is 18.2 Å². The Labute approximate surface area is 187 Å². The van der Waals surface area contributed by atoms with Crippen LogP contribution in [0.4, 0.5) is 18.0 Å². The molecule has 0 radical (unpaired) electrons. The van der Waals surface area contributed by atoms with E-state index in [-0.39, 0.29) is 31.4 Å². The van der Waals surface area contributed by atoms with E-state index >= 15 is 0 Å². The Morgan fingerprint density at radius 3 is 2.62 bits per heavy atom. The molecule has 1 aromatic rings. The van der Waals surface area contributed by atoms with Crippen molar-refractivity contribution in [1.82, 2.24) is 10.2 Å². The molecular weight excluding hydrogens is 419 g/mol. The standard InChI is InChI=1S/C24H30F3N3O2/c1-4-8-18(14-21(9-5-2)24(25,26)27)15-28-22(32-3)16-29-23(31)30-13-12-19-10-6-7-11-20(19)17-30/h4,6-11,14H,5,12-13,15-17H2,1-3H3,(H,29,31)/b8-4-,18-14+,21-9-,28-22?. The predicted molar refractivity (Wildman–Crippen MR) is 121 cm³/mol. The van der Waals surface area contributed by atoms with Gasteiger partial charge in [-0.3, -0.25) is 0 Å². The van der Waals surface area contributed by atoms with Crippen LogP contribution in [0.25, 0.3) is 0 Å². The first-order valence-corrected chi connectivity index (χ1v) is 10.6. The van der Waals surface area contributed by atoms with Gasteiger partial charge in [-0.25, -0.2) is 9.79 Å². The van der Waals surface area contributed by atoms with Crippen LogP contribution in [0.1, 0.15) is 31.4 Å². The second-order valence-corrected chi connectivity index (χ2v) is 7.30. The van der Waals surface area contributed by atoms with Gasteiger partial charge in [-0.05, 0) is 42.5 Å². The number of amides is 2. The summed E-state index contributed by atoms with van der Waals surface area (Å²) in [4.78, 5) is 18.5. The highest BCUT2D eigenvalue weighted by molar-refractivity contribution is 5.84. The molecule has 0 aromatic heterocycles. The number of nitrogens with zero attached hydrogens (tertiary/aromatic N) is 2. The number of hydrogen-bond donors (Lipinski definition) is 1. The molecule has 1 heterocycles. The number of halogens is 3. The highest BCUT2D eigenvalue weighted by Crippen LogP contribution is 2.28. The third-order valence-electron chi connectivity index (χ3n) is 4.96. The van der Waals surface area contributed by atoms with Crippen LogP contribution < -0.4 is 5.32 Å². The fraction of sp³-hybridized carbons (Fsp3) is 0.417. The number of fused-ring (bicyclic) bond motifs is 1. The van der Waals surface area contributed by atoms with Gasteiger partial charge in [0.15, 0.2) is 0 Å². The molecule has 0 atom stereocenters. The molecule has 32 heavy (non-hydrogen) atoms. The summed E-state index contributed by atoms with van der Waals surface area (Å²) in [6.07, 6.45) is 2.09. The number of rotatable bonds is 7. The summed E-state index contributed by atoms with van der Waals surface area (Å²) in [6, 6.07) is 7.77. The molecule has 0 fully saturated rings. The van der Waals surface area contributed by atoms with Gasteiger partial charge in [-0.2, -0.15) is 13.2 Å². The molecule has 0 bridgehead atoms. The van der Waals surface area contributed by atoms with E-state index in [2.05, 4.69) is 16.4 Å². The number of benzene rings is 1. The van der Waals surface area contributed by atoms with E-state index < -0.39 is 11.7 Å². The van der Waals surface area contributed by atoms with Gasteiger partial charge in [0.25, 0.3) is 0 Å². The van der Waals surface area contributed by atoms with Crippen LogP contribution >= 0.6 is 0 Å². The number of carbonyl (C=O) groups is 1. The number of aliphatic imine (C=N–C) groups is 1. The van der Waals surface area contributed by atoms with Crippen LogP contribution in [-0.2, 0) is 17.7 Å². The zero-order chi connectivity index (χ0) is 23.6. The maximum Gasteiger partial charge on any atom is 0.416 e. The van der Waals surface area contributed by atoms with Gasteiger partial charge < -0.3 is 15.0 Å². The molecule has 0 saturated heterocycles. The molecular formula is C24H30F3N3O2. The summed E-state index contributed by atoms with van der Waals surface area (Å²) >= 11 is 0. The van der Waals surface area contributed by atoms with Crippen molar-refractivity contribution in [3.8, 4) is 0 Å². The molecule has 2 amide bonds. The Hall–Kier alpha value is -3.03. The lowest BCUT2D eigenvalue weighted by Crippen LogP contribution is -2.44. The fourth-order valence-electron chi connectivity index (χ4n) is 3.34. The topological polar surface area (TPSA) is 53.9 Å². The van der Waals surface area contributed by atoms with Gasteiger partial charge in [0, 0.05) is 13.1 Å². The van der Waals surface area contributed by atoms with Gasteiger partial charge in [-0.1, -0.05) is 49.4 Å². The molecule has 5 nitrogen and oxygen atoms in total. The second-order valence-electron chi connectivity index (χ2n) is 7.30. The minimum atomic E-state index is -4.43. The van der Waals surface area contributed by atoms with Gasteiger partial charge >= 0.3 is 12.2 Å². The quantitative estimate of drug-likeness (QED) is 0.353. The van der Waals surface area contributed by atoms with Gasteiger partial charge in [-0.15, -0.1) is 0 Å². The smallest absolute Gasteiger partial charge is 0.416 e. The Bertz CT molecular complexity index is 902. The zero-order valence-corrected chi connectivity index (χ0v) is 18.7. The lowest BCUT2D eigenvalue weighted by molar-refractivity contribution is -0.0884. The molecule has 2 rings (SSSR count). The van der Waals surface area contributed by atoms with Crippen molar-refractivity contribution in [3.05, 3.63) is 70.8 Å². The van der Waals surface area contributed by atoms with Crippen molar-refractivity contribution < 1.29 is 22.7 Å². The van der Waals surface area contributed by atoms with Gasteiger partial charge in [0.2, 0.25) is 5.90 Å². The minimum absolute atomic E-state index is 0.00237. The van der Waals surface area contributed by atoms with Crippen molar-refractivity contribution in [2.45, 2.75) is 39.4 Å². The summed E-state index contributed by atoms with van der Waals surface area (Å²) in [5, 5.41) is 2.78. The molecule has 0 unspecified atom stereocenters. The minimum Gasteiger partial charge on any atom is -0.483 e. The van der Waals surface area contributed by atoms with Crippen LogP contribution in [0.5, 0.6) is 0 Å². The normalized spacial score (nSPS) is 15.7. The van der Waals surface area contributed by atoms with Crippen molar-refractivity contribution >= 4 is 11.9 Å². The van der Waals surface area contributed by atoms with Gasteiger partial charge in [0.05, 0.1) is 25.8 Å². The largest absolute Gasteiger partial charge is 0.483 e. The summed E-state index contributed by atoms with van der Waals surface area (Å²) in [5.41, 5.74) is 2.05. The van der Waals surface area contributed by atoms with Crippen molar-refractivity contribution in [2.24, 2.45) is 4.99 Å². The first-order chi connectivity index (χ1) is 15.3. The maximum atomic E-state index is 13.2. The summed E-state index contributed by atoms with van der Waals surface area (Å²) in [5.74, 6) is 0.235. The number of allylic oxidation sites excluding steroid dienone is 4. The van der Waals surface area contributed by atoms with Crippen LogP contribution in [0, 0.1) is 0 Å². The molecule has 0 spiro atoms. The first kappa shape index (κ1) is 25.2. The summed E-state index contributed by atoms with van der Waals surface area (Å²) in [6.45, 7) is 4.56. The average molecular weight is 450 g/mol. The lowest BCUT2D eigenvalue weighted by atomic mass is 10.0. The molecule has 1 aromatic carbocycles. The highest BCUT2D eigenvalue weighted by atomic mass is 19.4. The van der Waals surface area contributed by atoms with E-state index in [9.17, 15) is 18.0 Å². The number of ether oxygens (including phenoxy) is 1. The number of urea groups is 1. The van der Waals surface area contributed by atoms with Crippen molar-refractivity contribution in [1.29, 1.82) is 0 Å². The molecule has 0 aliphatic carbocycles. The highest BCUT2D eigenvalue weighted by Gasteiger charge is 2.31. The second kappa shape index (κ2) is 12.1. The van der Waals surface area contributed by atoms with E-state index in [1.165, 1.54) is 12.7 Å². The Kier molecular flexibility index (Phi) is 9.56. The predicted octanol–water partition coefficient (Wildman–Crippen LogP) is 5.20. The SMILES string of the molecule is C\C=C/C(=C\C(=C\CC)C(F)(F)F)CN=C(CNC(=O)N1CCc2ccccc2C1)OC. The molecule has 174 valence electrons. The van der Waals surface area contributed by atoms with E-state index in [0.717, 1.165) is 24.1 Å². The number of methoxy groups -OCH3 is 1. The van der Waals surface area contributed by atoms with Crippen LogP contribution in [-0.4, -0.2) is 49.7 Å². The van der Waals surface area contributed by atoms with Gasteiger partial charge in [0.1, 0.15) is 0 Å². The maximum absolute atomic E-state index is 13.2. The number of nitrogens with one attached hydrogen (secondary N) is 1. The zero-order valence-electron chi connectivity index (χ0n) is 18.7. The van der Waals surface area contributed by atoms with E-state index in [1.54, 1.807) is 30.9 Å². The van der Waals surface area contributed by atoms with Crippen molar-refractivity contribution in [2.75, 3.05) is 26.7 Å². The average Bonchev–Trinajstić information content (AvgIpc) is 2.77. The number of alkyl halides is 3. The molecule has 1 aliphatic rings. The third-order valence-corrected chi connectivity index (χ3v) is 4.96. The van der Waals surface area contributed by atoms with Crippen LogP contribution in [0.15, 0.2) is 64.7 Å². The monoisotopic (exact) mass is 449 g/mol. The number of carbonyl (C=O) groups excluding carboxylic acids is 1. The lowest BCUT2D eigenvalue weighted by Gasteiger charge is -2.28. The number of hydrogen-bond acceptors (Lipinski definition) is 3. The molecule has 8 heteroatoms. The van der Waals surface area contributed by atoms with Crippen molar-refractivity contribution in [3.63, 3.8) is 0 Å². The van der Waals surface area contributed by atoms with E-state index in [4.69, 9.17) is 4.74 Å². The van der Waals surface area contributed by atoms with E-state index in [0.29, 0.717) is 18.7 Å². The first-order valence-electron chi connectivity index (χ1n) is 10.6. The Morgan fingerprint density at radius 2 is 2.00 bits per heavy atom. The fourth-order valence-corrected chi connectivity index (χ4v) is 3.34. The van der Waals surface area contributed by atoms with Crippen LogP contribution in [0.3, 0.4) is 0 Å². The van der Waals surface area contributed by atoms with Crippen LogP contribution in [0.2, 0.25) is 0 Å². The summed E-state index contributed by atoms with van der Waals surface area (Å²) in [7, 11) is 1.42. The Morgan fingerprint density at radius 1 is 1.28 bits per heavy atom. The molecule has 1 aliphatic heterocycles. The third kappa shape index (κ3) is 7.59. The molecule has 0 saturated carbocycles. The summed E-state index contributed by atoms with van der Waals surface area (Å²) < 4.78 is 44.8. The molecule has 1 N–H and O–H groups in total. The Balaban J connectivity index is 2.01.